The van der Waals surface area contributed by atoms with E-state index in [1.807, 2.05) is 36.4 Å². The van der Waals surface area contributed by atoms with Crippen LogP contribution in [0.4, 0.5) is 11.4 Å². The van der Waals surface area contributed by atoms with Crippen molar-refractivity contribution in [2.24, 2.45) is 0 Å². The molecule has 0 aliphatic rings. The van der Waals surface area contributed by atoms with E-state index in [9.17, 15) is 10.1 Å². The molecule has 4 aromatic carbocycles. The topological polar surface area (TPSA) is 55.2 Å². The first-order chi connectivity index (χ1) is 14.2. The van der Waals surface area contributed by atoms with Crippen LogP contribution in [0.2, 0.25) is 0 Å². The van der Waals surface area contributed by atoms with Crippen molar-refractivity contribution in [1.29, 1.82) is 0 Å². The van der Waals surface area contributed by atoms with Crippen molar-refractivity contribution in [2.75, 3.05) is 4.72 Å². The van der Waals surface area contributed by atoms with Gasteiger partial charge in [-0.15, -0.1) is 0 Å². The van der Waals surface area contributed by atoms with Crippen LogP contribution >= 0.6 is 11.9 Å². The Morgan fingerprint density at radius 3 is 1.93 bits per heavy atom. The molecule has 0 fully saturated rings. The first kappa shape index (κ1) is 18.8. The highest BCUT2D eigenvalue weighted by Crippen LogP contribution is 2.35. The predicted molar refractivity (Wildman–Crippen MR) is 120 cm³/mol. The largest absolute Gasteiger partial charge is 0.325 e. The molecule has 29 heavy (non-hydrogen) atoms. The third-order valence-electron chi connectivity index (χ3n) is 4.54. The zero-order chi connectivity index (χ0) is 20.1. The standard InChI is InChI=1S/C24H18N2O2S/c27-26(28)21-12-14-22(15-13-21)29-25-24-16-11-20(18-7-3-1-4-8-18)17-23(24)19-9-5-2-6-10-19/h1-17,25H. The molecule has 0 aliphatic heterocycles. The predicted octanol–water partition coefficient (Wildman–Crippen LogP) is 7.05. The van der Waals surface area contributed by atoms with Gasteiger partial charge >= 0.3 is 0 Å². The van der Waals surface area contributed by atoms with Gasteiger partial charge in [0, 0.05) is 22.6 Å². The van der Waals surface area contributed by atoms with E-state index in [4.69, 9.17) is 0 Å². The fraction of sp³-hybridized carbons (Fsp3) is 0. The number of anilines is 1. The molecule has 4 aromatic rings. The second-order valence-corrected chi connectivity index (χ2v) is 7.33. The van der Waals surface area contributed by atoms with Crippen molar-refractivity contribution in [3.8, 4) is 22.3 Å². The van der Waals surface area contributed by atoms with Gasteiger partial charge in [0.2, 0.25) is 0 Å². The molecule has 0 saturated carbocycles. The Hall–Kier alpha value is -3.57. The lowest BCUT2D eigenvalue weighted by Gasteiger charge is -2.14. The molecule has 0 aliphatic carbocycles. The molecule has 1 N–H and O–H groups in total. The average Bonchev–Trinajstić information content (AvgIpc) is 2.79. The van der Waals surface area contributed by atoms with Crippen LogP contribution in [0.25, 0.3) is 22.3 Å². The highest BCUT2D eigenvalue weighted by Gasteiger charge is 2.09. The van der Waals surface area contributed by atoms with Gasteiger partial charge in [0.25, 0.3) is 5.69 Å². The molecule has 142 valence electrons. The van der Waals surface area contributed by atoms with Crippen LogP contribution in [0.15, 0.2) is 108 Å². The van der Waals surface area contributed by atoms with Gasteiger partial charge in [-0.3, -0.25) is 10.1 Å². The maximum Gasteiger partial charge on any atom is 0.269 e. The molecule has 0 radical (unpaired) electrons. The Bertz CT molecular complexity index is 1110. The zero-order valence-electron chi connectivity index (χ0n) is 15.5. The molecule has 0 spiro atoms. The zero-order valence-corrected chi connectivity index (χ0v) is 16.3. The van der Waals surface area contributed by atoms with E-state index in [1.54, 1.807) is 12.1 Å². The van der Waals surface area contributed by atoms with Gasteiger partial charge < -0.3 is 4.72 Å². The summed E-state index contributed by atoms with van der Waals surface area (Å²) in [5.74, 6) is 0. The van der Waals surface area contributed by atoms with Crippen LogP contribution in [-0.4, -0.2) is 4.92 Å². The van der Waals surface area contributed by atoms with E-state index < -0.39 is 4.92 Å². The summed E-state index contributed by atoms with van der Waals surface area (Å²) in [4.78, 5) is 11.3. The SMILES string of the molecule is O=[N+]([O-])c1ccc(SNc2ccc(-c3ccccc3)cc2-c2ccccc2)cc1. The second kappa shape index (κ2) is 8.63. The third-order valence-corrected chi connectivity index (χ3v) is 5.37. The number of benzene rings is 4. The van der Waals surface area contributed by atoms with Crippen LogP contribution in [0.5, 0.6) is 0 Å². The van der Waals surface area contributed by atoms with Gasteiger partial charge in [-0.05, 0) is 52.9 Å². The minimum Gasteiger partial charge on any atom is -0.325 e. The van der Waals surface area contributed by atoms with Crippen LogP contribution in [0, 0.1) is 10.1 Å². The number of nitrogens with one attached hydrogen (secondary N) is 1. The van der Waals surface area contributed by atoms with Crippen LogP contribution in [0.1, 0.15) is 0 Å². The van der Waals surface area contributed by atoms with Gasteiger partial charge in [0.05, 0.1) is 10.6 Å². The van der Waals surface area contributed by atoms with Crippen molar-refractivity contribution in [3.05, 3.63) is 113 Å². The average molecular weight is 398 g/mol. The Balaban J connectivity index is 1.64. The van der Waals surface area contributed by atoms with E-state index in [-0.39, 0.29) is 5.69 Å². The van der Waals surface area contributed by atoms with Crippen molar-refractivity contribution in [1.82, 2.24) is 0 Å². The van der Waals surface area contributed by atoms with Crippen LogP contribution in [-0.2, 0) is 0 Å². The van der Waals surface area contributed by atoms with E-state index >= 15 is 0 Å². The summed E-state index contributed by atoms with van der Waals surface area (Å²) in [6, 6.07) is 33.4. The molecular formula is C24H18N2O2S. The summed E-state index contributed by atoms with van der Waals surface area (Å²) in [6.07, 6.45) is 0. The number of nitro benzene ring substituents is 1. The smallest absolute Gasteiger partial charge is 0.269 e. The number of hydrogen-bond acceptors (Lipinski definition) is 4. The van der Waals surface area contributed by atoms with Gasteiger partial charge in [0.1, 0.15) is 0 Å². The minimum absolute atomic E-state index is 0.0894. The molecule has 5 heteroatoms. The van der Waals surface area contributed by atoms with E-state index in [0.717, 1.165) is 27.3 Å². The van der Waals surface area contributed by atoms with Crippen LogP contribution in [0.3, 0.4) is 0 Å². The second-order valence-electron chi connectivity index (χ2n) is 6.45. The maximum atomic E-state index is 10.8. The maximum absolute atomic E-state index is 10.8. The minimum atomic E-state index is -0.391. The summed E-state index contributed by atoms with van der Waals surface area (Å²) in [7, 11) is 0. The Labute approximate surface area is 173 Å². The number of nitrogens with zero attached hydrogens (tertiary/aromatic N) is 1. The molecule has 0 atom stereocenters. The highest BCUT2D eigenvalue weighted by molar-refractivity contribution is 8.00. The normalized spacial score (nSPS) is 10.5. The summed E-state index contributed by atoms with van der Waals surface area (Å²) in [5, 5.41) is 10.8. The molecule has 0 unspecified atom stereocenters. The van der Waals surface area contributed by atoms with E-state index in [2.05, 4.69) is 47.2 Å². The summed E-state index contributed by atoms with van der Waals surface area (Å²) in [5.41, 5.74) is 5.61. The summed E-state index contributed by atoms with van der Waals surface area (Å²) < 4.78 is 3.40. The third kappa shape index (κ3) is 4.47. The lowest BCUT2D eigenvalue weighted by Crippen LogP contribution is -1.92. The molecule has 0 heterocycles. The monoisotopic (exact) mass is 398 g/mol. The quantitative estimate of drug-likeness (QED) is 0.215. The number of non-ortho nitro benzene ring substituents is 1. The molecular weight excluding hydrogens is 380 g/mol. The Kier molecular flexibility index (Phi) is 5.59. The van der Waals surface area contributed by atoms with Gasteiger partial charge in [0.15, 0.2) is 0 Å². The first-order valence-electron chi connectivity index (χ1n) is 9.13. The molecule has 0 saturated heterocycles. The van der Waals surface area contributed by atoms with E-state index in [0.29, 0.717) is 0 Å². The number of nitro groups is 1. The van der Waals surface area contributed by atoms with E-state index in [1.165, 1.54) is 29.6 Å². The first-order valence-corrected chi connectivity index (χ1v) is 9.94. The fourth-order valence-electron chi connectivity index (χ4n) is 3.05. The number of rotatable bonds is 6. The van der Waals surface area contributed by atoms with Crippen molar-refractivity contribution >= 4 is 23.3 Å². The lowest BCUT2D eigenvalue weighted by atomic mass is 9.98. The van der Waals surface area contributed by atoms with Gasteiger partial charge in [-0.2, -0.15) is 0 Å². The summed E-state index contributed by atoms with van der Waals surface area (Å²) in [6.45, 7) is 0. The fourth-order valence-corrected chi connectivity index (χ4v) is 3.73. The number of hydrogen-bond donors (Lipinski definition) is 1. The molecule has 0 aromatic heterocycles. The van der Waals surface area contributed by atoms with Gasteiger partial charge in [-0.25, -0.2) is 0 Å². The molecule has 4 rings (SSSR count). The van der Waals surface area contributed by atoms with Crippen molar-refractivity contribution in [2.45, 2.75) is 4.90 Å². The molecule has 0 amide bonds. The highest BCUT2D eigenvalue weighted by atomic mass is 32.2. The van der Waals surface area contributed by atoms with Crippen molar-refractivity contribution in [3.63, 3.8) is 0 Å². The molecule has 0 bridgehead atoms. The van der Waals surface area contributed by atoms with Crippen LogP contribution < -0.4 is 4.72 Å². The van der Waals surface area contributed by atoms with Gasteiger partial charge in [-0.1, -0.05) is 66.7 Å². The lowest BCUT2D eigenvalue weighted by molar-refractivity contribution is -0.384. The summed E-state index contributed by atoms with van der Waals surface area (Å²) >= 11 is 1.43. The van der Waals surface area contributed by atoms with Crippen molar-refractivity contribution < 1.29 is 4.92 Å². The Morgan fingerprint density at radius 1 is 0.690 bits per heavy atom. The Morgan fingerprint density at radius 2 is 1.31 bits per heavy atom. The molecule has 4 nitrogen and oxygen atoms in total.